The van der Waals surface area contributed by atoms with Crippen molar-refractivity contribution in [2.45, 2.75) is 70.2 Å². The van der Waals surface area contributed by atoms with E-state index in [0.29, 0.717) is 5.56 Å². The number of alkyl carbamates (subject to hydrolysis) is 1. The molecule has 0 saturated carbocycles. The minimum atomic E-state index is -4.63. The van der Waals surface area contributed by atoms with Crippen molar-refractivity contribution in [3.63, 3.8) is 0 Å². The molecule has 0 aliphatic carbocycles. The molecule has 1 aromatic rings. The maximum absolute atomic E-state index is 13.0. The Bertz CT molecular complexity index is 703. The van der Waals surface area contributed by atoms with Gasteiger partial charge in [-0.05, 0) is 39.8 Å². The largest absolute Gasteiger partial charge is 0.471 e. The monoisotopic (exact) mass is 406 g/mol. The topological polar surface area (TPSA) is 89.9 Å². The molecular weight excluding hydrogens is 381 g/mol. The minimum absolute atomic E-state index is 0.117. The first-order valence-electron chi connectivity index (χ1n) is 8.77. The maximum atomic E-state index is 13.0. The zero-order valence-electron chi connectivity index (χ0n) is 16.3. The normalized spacial score (nSPS) is 21.5. The highest BCUT2D eigenvalue weighted by Gasteiger charge is 2.42. The number of amides is 1. The standard InChI is InChI=1S/C18H25F3N2O5/c1-9(24)11(26-5)8-12-14(23-16(25)28-17(2,3)4)10-6-7-13(18(19,20)21)22-15(10)27-12/h6-7,9,11-12,14,24H,8H2,1-5H3,(H,23,25)/t9-,11+,12+,14+/m1/s1. The van der Waals surface area contributed by atoms with Crippen LogP contribution >= 0.6 is 0 Å². The molecule has 2 N–H and O–H groups in total. The summed E-state index contributed by atoms with van der Waals surface area (Å²) in [5, 5.41) is 12.4. The van der Waals surface area contributed by atoms with Gasteiger partial charge >= 0.3 is 12.3 Å². The van der Waals surface area contributed by atoms with Crippen LogP contribution in [-0.2, 0) is 15.7 Å². The van der Waals surface area contributed by atoms with Crippen LogP contribution in [0.15, 0.2) is 12.1 Å². The van der Waals surface area contributed by atoms with Crippen molar-refractivity contribution in [1.82, 2.24) is 10.3 Å². The second-order valence-corrected chi connectivity index (χ2v) is 7.62. The Morgan fingerprint density at radius 1 is 1.36 bits per heavy atom. The van der Waals surface area contributed by atoms with Gasteiger partial charge in [0.05, 0.1) is 18.2 Å². The summed E-state index contributed by atoms with van der Waals surface area (Å²) in [4.78, 5) is 15.8. The molecular formula is C18H25F3N2O5. The molecule has 0 saturated heterocycles. The Balaban J connectivity index is 2.31. The number of aliphatic hydroxyl groups excluding tert-OH is 1. The third-order valence-electron chi connectivity index (χ3n) is 4.13. The van der Waals surface area contributed by atoms with Crippen molar-refractivity contribution < 1.29 is 37.3 Å². The number of aliphatic hydroxyl groups is 1. The first kappa shape index (κ1) is 22.2. The van der Waals surface area contributed by atoms with Gasteiger partial charge in [-0.15, -0.1) is 0 Å². The van der Waals surface area contributed by atoms with Crippen LogP contribution in [0, 0.1) is 0 Å². The zero-order valence-corrected chi connectivity index (χ0v) is 16.3. The first-order chi connectivity index (χ1) is 12.8. The molecule has 28 heavy (non-hydrogen) atoms. The predicted octanol–water partition coefficient (Wildman–Crippen LogP) is 3.21. The van der Waals surface area contributed by atoms with Crippen LogP contribution in [-0.4, -0.2) is 47.2 Å². The summed E-state index contributed by atoms with van der Waals surface area (Å²) < 4.78 is 54.9. The Morgan fingerprint density at radius 3 is 2.50 bits per heavy atom. The number of carbonyl (C=O) groups is 1. The van der Waals surface area contributed by atoms with E-state index in [0.717, 1.165) is 6.07 Å². The number of fused-ring (bicyclic) bond motifs is 1. The molecule has 1 amide bonds. The van der Waals surface area contributed by atoms with Gasteiger partial charge in [0.25, 0.3) is 0 Å². The summed E-state index contributed by atoms with van der Waals surface area (Å²) in [5.74, 6) is -0.221. The van der Waals surface area contributed by atoms with Crippen molar-refractivity contribution in [2.24, 2.45) is 0 Å². The molecule has 2 heterocycles. The molecule has 0 fully saturated rings. The van der Waals surface area contributed by atoms with E-state index >= 15 is 0 Å². The van der Waals surface area contributed by atoms with Crippen LogP contribution in [0.5, 0.6) is 5.88 Å². The molecule has 0 radical (unpaired) electrons. The lowest BCUT2D eigenvalue weighted by Crippen LogP contribution is -2.41. The Hall–Kier alpha value is -2.07. The summed E-state index contributed by atoms with van der Waals surface area (Å²) in [7, 11) is 1.40. The molecule has 0 unspecified atom stereocenters. The number of carbonyl (C=O) groups excluding carboxylic acids is 1. The average molecular weight is 406 g/mol. The van der Waals surface area contributed by atoms with Crippen LogP contribution < -0.4 is 10.1 Å². The summed E-state index contributed by atoms with van der Waals surface area (Å²) in [6.07, 6.45) is -7.54. The fourth-order valence-corrected chi connectivity index (χ4v) is 2.86. The third kappa shape index (κ3) is 5.48. The van der Waals surface area contributed by atoms with Gasteiger partial charge < -0.3 is 24.6 Å². The zero-order chi connectivity index (χ0) is 21.3. The molecule has 1 aromatic heterocycles. The lowest BCUT2D eigenvalue weighted by Gasteiger charge is -2.27. The van der Waals surface area contributed by atoms with Crippen molar-refractivity contribution in [3.8, 4) is 5.88 Å². The van der Waals surface area contributed by atoms with Crippen LogP contribution in [0.3, 0.4) is 0 Å². The van der Waals surface area contributed by atoms with E-state index in [1.165, 1.54) is 20.1 Å². The molecule has 1 aliphatic rings. The van der Waals surface area contributed by atoms with Gasteiger partial charge in [-0.3, -0.25) is 0 Å². The number of methoxy groups -OCH3 is 1. The lowest BCUT2D eigenvalue weighted by atomic mass is 9.98. The molecule has 7 nitrogen and oxygen atoms in total. The van der Waals surface area contributed by atoms with E-state index in [9.17, 15) is 23.1 Å². The molecule has 0 bridgehead atoms. The highest BCUT2D eigenvalue weighted by Crippen LogP contribution is 2.40. The fourth-order valence-electron chi connectivity index (χ4n) is 2.86. The molecule has 4 atom stereocenters. The van der Waals surface area contributed by atoms with Crippen molar-refractivity contribution in [2.75, 3.05) is 7.11 Å². The number of ether oxygens (including phenoxy) is 3. The Morgan fingerprint density at radius 2 is 2.00 bits per heavy atom. The van der Waals surface area contributed by atoms with Gasteiger partial charge in [-0.1, -0.05) is 0 Å². The van der Waals surface area contributed by atoms with Gasteiger partial charge in [-0.25, -0.2) is 9.78 Å². The quantitative estimate of drug-likeness (QED) is 0.781. The SMILES string of the molecule is CO[C@@H](C[C@@H]1Oc2nc(C(F)(F)F)ccc2[C@@H]1NC(=O)OC(C)(C)C)[C@@H](C)O. The van der Waals surface area contributed by atoms with Crippen LogP contribution in [0.4, 0.5) is 18.0 Å². The predicted molar refractivity (Wildman–Crippen MR) is 92.9 cm³/mol. The molecule has 2 rings (SSSR count). The molecule has 158 valence electrons. The average Bonchev–Trinajstić information content (AvgIpc) is 2.86. The number of alkyl halides is 3. The fraction of sp³-hybridized carbons (Fsp3) is 0.667. The Kier molecular flexibility index (Phi) is 6.44. The number of nitrogens with zero attached hydrogens (tertiary/aromatic N) is 1. The second-order valence-electron chi connectivity index (χ2n) is 7.62. The minimum Gasteiger partial charge on any atom is -0.471 e. The van der Waals surface area contributed by atoms with Gasteiger partial charge in [-0.2, -0.15) is 13.2 Å². The van der Waals surface area contributed by atoms with E-state index in [1.54, 1.807) is 20.8 Å². The van der Waals surface area contributed by atoms with Crippen molar-refractivity contribution in [1.29, 1.82) is 0 Å². The van der Waals surface area contributed by atoms with E-state index < -0.39 is 47.9 Å². The van der Waals surface area contributed by atoms with E-state index in [1.807, 2.05) is 0 Å². The number of hydrogen-bond acceptors (Lipinski definition) is 6. The Labute approximate surface area is 161 Å². The summed E-state index contributed by atoms with van der Waals surface area (Å²) >= 11 is 0. The lowest BCUT2D eigenvalue weighted by molar-refractivity contribution is -0.141. The summed E-state index contributed by atoms with van der Waals surface area (Å²) in [6.45, 7) is 6.59. The third-order valence-corrected chi connectivity index (χ3v) is 4.13. The van der Waals surface area contributed by atoms with Gasteiger partial charge in [0.1, 0.15) is 17.4 Å². The van der Waals surface area contributed by atoms with Gasteiger partial charge in [0.15, 0.2) is 0 Å². The van der Waals surface area contributed by atoms with E-state index in [4.69, 9.17) is 14.2 Å². The number of halogens is 3. The first-order valence-corrected chi connectivity index (χ1v) is 8.77. The summed E-state index contributed by atoms with van der Waals surface area (Å²) in [6, 6.07) is 1.24. The van der Waals surface area contributed by atoms with E-state index in [2.05, 4.69) is 10.3 Å². The molecule has 0 aromatic carbocycles. The van der Waals surface area contributed by atoms with Gasteiger partial charge in [0.2, 0.25) is 5.88 Å². The van der Waals surface area contributed by atoms with E-state index in [-0.39, 0.29) is 12.3 Å². The number of rotatable bonds is 5. The van der Waals surface area contributed by atoms with Crippen molar-refractivity contribution in [3.05, 3.63) is 23.4 Å². The maximum Gasteiger partial charge on any atom is 0.433 e. The molecule has 10 heteroatoms. The molecule has 1 aliphatic heterocycles. The number of hydrogen-bond donors (Lipinski definition) is 2. The number of pyridine rings is 1. The van der Waals surface area contributed by atoms with Gasteiger partial charge in [0, 0.05) is 19.1 Å². The van der Waals surface area contributed by atoms with Crippen LogP contribution in [0.2, 0.25) is 0 Å². The number of aromatic nitrogens is 1. The van der Waals surface area contributed by atoms with Crippen LogP contribution in [0.25, 0.3) is 0 Å². The molecule has 0 spiro atoms. The van der Waals surface area contributed by atoms with Crippen molar-refractivity contribution >= 4 is 6.09 Å². The highest BCUT2D eigenvalue weighted by molar-refractivity contribution is 5.69. The smallest absolute Gasteiger partial charge is 0.433 e. The second kappa shape index (κ2) is 8.12. The summed E-state index contributed by atoms with van der Waals surface area (Å²) in [5.41, 5.74) is -1.55. The van der Waals surface area contributed by atoms with Crippen LogP contribution in [0.1, 0.15) is 51.4 Å². The number of nitrogens with one attached hydrogen (secondary N) is 1. The highest BCUT2D eigenvalue weighted by atomic mass is 19.4.